The lowest BCUT2D eigenvalue weighted by molar-refractivity contribution is -0.159. The third-order valence-corrected chi connectivity index (χ3v) is 4.47. The first-order valence-corrected chi connectivity index (χ1v) is 8.08. The summed E-state index contributed by atoms with van der Waals surface area (Å²) in [6.07, 6.45) is 0. The highest BCUT2D eigenvalue weighted by Crippen LogP contribution is 2.22. The number of urea groups is 1. The second kappa shape index (κ2) is 8.26. The SMILES string of the molecule is COC(=O)[C@@H]1[C@@H](C(=O)NCCN2CCOCC2)C(=O)N(C)C(=O)N1C. The summed E-state index contributed by atoms with van der Waals surface area (Å²) in [4.78, 5) is 53.0. The molecule has 0 aromatic heterocycles. The predicted octanol–water partition coefficient (Wildman–Crippen LogP) is -1.88. The maximum atomic E-state index is 12.5. The van der Waals surface area contributed by atoms with Crippen LogP contribution in [0.1, 0.15) is 0 Å². The Kier molecular flexibility index (Phi) is 6.32. The molecule has 0 bridgehead atoms. The van der Waals surface area contributed by atoms with Gasteiger partial charge in [0.2, 0.25) is 11.8 Å². The molecule has 10 nitrogen and oxygen atoms in total. The zero-order valence-corrected chi connectivity index (χ0v) is 14.7. The molecule has 4 amide bonds. The third-order valence-electron chi connectivity index (χ3n) is 4.47. The van der Waals surface area contributed by atoms with Gasteiger partial charge in [-0.25, -0.2) is 9.59 Å². The molecule has 0 aliphatic carbocycles. The Morgan fingerprint density at radius 3 is 2.48 bits per heavy atom. The number of carbonyl (C=O) groups is 4. The van der Waals surface area contributed by atoms with Gasteiger partial charge in [-0.1, -0.05) is 0 Å². The Hall–Kier alpha value is -2.20. The van der Waals surface area contributed by atoms with Crippen LogP contribution in [0.3, 0.4) is 0 Å². The van der Waals surface area contributed by atoms with Gasteiger partial charge in [0.1, 0.15) is 5.92 Å². The zero-order valence-electron chi connectivity index (χ0n) is 14.7. The second-order valence-corrected chi connectivity index (χ2v) is 5.98. The highest BCUT2D eigenvalue weighted by Gasteiger charge is 2.51. The zero-order chi connectivity index (χ0) is 18.6. The van der Waals surface area contributed by atoms with Crippen molar-refractivity contribution in [3.05, 3.63) is 0 Å². The maximum absolute atomic E-state index is 12.5. The Balaban J connectivity index is 2.03. The van der Waals surface area contributed by atoms with Crippen molar-refractivity contribution in [2.24, 2.45) is 5.92 Å². The molecule has 0 unspecified atom stereocenters. The lowest BCUT2D eigenvalue weighted by Crippen LogP contribution is -2.65. The molecule has 2 rings (SSSR count). The Labute approximate surface area is 146 Å². The van der Waals surface area contributed by atoms with Crippen molar-refractivity contribution in [1.29, 1.82) is 0 Å². The average Bonchev–Trinajstić information content (AvgIpc) is 2.62. The first-order valence-electron chi connectivity index (χ1n) is 8.08. The van der Waals surface area contributed by atoms with Gasteiger partial charge in [-0.2, -0.15) is 0 Å². The van der Waals surface area contributed by atoms with Crippen molar-refractivity contribution in [3.8, 4) is 0 Å². The van der Waals surface area contributed by atoms with Crippen LogP contribution in [0.15, 0.2) is 0 Å². The number of imide groups is 1. The van der Waals surface area contributed by atoms with Gasteiger partial charge in [0, 0.05) is 40.3 Å². The standard InChI is InChI=1S/C15H24N4O6/c1-17-11(14(22)24-3)10(13(21)18(2)15(17)23)12(20)16-4-5-19-6-8-25-9-7-19/h10-11H,4-9H2,1-3H3,(H,16,20)/t10-,11-/m0/s1. The molecule has 0 radical (unpaired) electrons. The van der Waals surface area contributed by atoms with E-state index in [4.69, 9.17) is 4.74 Å². The predicted molar refractivity (Wildman–Crippen MR) is 85.5 cm³/mol. The molecule has 2 fully saturated rings. The Morgan fingerprint density at radius 2 is 1.88 bits per heavy atom. The van der Waals surface area contributed by atoms with E-state index in [1.807, 2.05) is 0 Å². The van der Waals surface area contributed by atoms with E-state index in [2.05, 4.69) is 15.0 Å². The van der Waals surface area contributed by atoms with Gasteiger partial charge in [-0.05, 0) is 0 Å². The minimum absolute atomic E-state index is 0.331. The fourth-order valence-corrected chi connectivity index (χ4v) is 2.96. The molecule has 0 aromatic rings. The molecular weight excluding hydrogens is 332 g/mol. The van der Waals surface area contributed by atoms with Gasteiger partial charge in [0.25, 0.3) is 0 Å². The van der Waals surface area contributed by atoms with E-state index in [0.717, 1.165) is 30.0 Å². The topological polar surface area (TPSA) is 108 Å². The lowest BCUT2D eigenvalue weighted by atomic mass is 9.93. The molecule has 140 valence electrons. The highest BCUT2D eigenvalue weighted by molar-refractivity contribution is 6.12. The minimum atomic E-state index is -1.33. The van der Waals surface area contributed by atoms with Crippen LogP contribution < -0.4 is 5.32 Å². The van der Waals surface area contributed by atoms with Crippen molar-refractivity contribution < 1.29 is 28.7 Å². The van der Waals surface area contributed by atoms with E-state index in [9.17, 15) is 19.2 Å². The number of rotatable bonds is 5. The number of nitrogens with one attached hydrogen (secondary N) is 1. The Bertz CT molecular complexity index is 548. The maximum Gasteiger partial charge on any atom is 0.330 e. The molecular formula is C15H24N4O6. The van der Waals surface area contributed by atoms with Crippen LogP contribution in [0.5, 0.6) is 0 Å². The van der Waals surface area contributed by atoms with E-state index in [1.54, 1.807) is 0 Å². The van der Waals surface area contributed by atoms with E-state index in [-0.39, 0.29) is 0 Å². The van der Waals surface area contributed by atoms with Crippen LogP contribution in [-0.4, -0.2) is 105 Å². The molecule has 10 heteroatoms. The molecule has 0 aromatic carbocycles. The highest BCUT2D eigenvalue weighted by atomic mass is 16.5. The molecule has 2 atom stereocenters. The number of amides is 4. The first kappa shape index (κ1) is 19.1. The van der Waals surface area contributed by atoms with E-state index in [1.165, 1.54) is 14.1 Å². The molecule has 2 heterocycles. The quantitative estimate of drug-likeness (QED) is 0.453. The number of likely N-dealkylation sites (N-methyl/N-ethyl adjacent to an activating group) is 1. The van der Waals surface area contributed by atoms with Gasteiger partial charge in [0.15, 0.2) is 6.04 Å². The van der Waals surface area contributed by atoms with Crippen LogP contribution in [0.4, 0.5) is 4.79 Å². The number of ether oxygens (including phenoxy) is 2. The summed E-state index contributed by atoms with van der Waals surface area (Å²) in [5.41, 5.74) is 0. The summed E-state index contributed by atoms with van der Waals surface area (Å²) in [5.74, 6) is -3.45. The van der Waals surface area contributed by atoms with E-state index >= 15 is 0 Å². The number of methoxy groups -OCH3 is 1. The summed E-state index contributed by atoms with van der Waals surface area (Å²) in [6.45, 7) is 3.81. The second-order valence-electron chi connectivity index (χ2n) is 5.98. The molecule has 2 aliphatic heterocycles. The number of nitrogens with zero attached hydrogens (tertiary/aromatic N) is 3. The van der Waals surface area contributed by atoms with E-state index in [0.29, 0.717) is 26.3 Å². The van der Waals surface area contributed by atoms with Crippen molar-refractivity contribution in [2.75, 3.05) is 60.6 Å². The fraction of sp³-hybridized carbons (Fsp3) is 0.733. The van der Waals surface area contributed by atoms with Crippen LogP contribution >= 0.6 is 0 Å². The summed E-state index contributed by atoms with van der Waals surface area (Å²) in [6, 6.07) is -1.93. The van der Waals surface area contributed by atoms with Gasteiger partial charge in [-0.15, -0.1) is 0 Å². The van der Waals surface area contributed by atoms with Crippen molar-refractivity contribution in [2.45, 2.75) is 6.04 Å². The smallest absolute Gasteiger partial charge is 0.330 e. The molecule has 0 spiro atoms. The lowest BCUT2D eigenvalue weighted by Gasteiger charge is -2.39. The van der Waals surface area contributed by atoms with Gasteiger partial charge in [-0.3, -0.25) is 19.4 Å². The molecule has 0 saturated carbocycles. The number of hydrogen-bond donors (Lipinski definition) is 1. The van der Waals surface area contributed by atoms with Crippen molar-refractivity contribution in [3.63, 3.8) is 0 Å². The first-order chi connectivity index (χ1) is 11.9. The van der Waals surface area contributed by atoms with Gasteiger partial charge >= 0.3 is 12.0 Å². The Morgan fingerprint density at radius 1 is 1.24 bits per heavy atom. The molecule has 2 saturated heterocycles. The molecule has 25 heavy (non-hydrogen) atoms. The average molecular weight is 356 g/mol. The normalized spacial score (nSPS) is 25.1. The van der Waals surface area contributed by atoms with Crippen LogP contribution in [0, 0.1) is 5.92 Å². The summed E-state index contributed by atoms with van der Waals surface area (Å²) in [5, 5.41) is 2.68. The fourth-order valence-electron chi connectivity index (χ4n) is 2.96. The molecule has 2 aliphatic rings. The number of hydrogen-bond acceptors (Lipinski definition) is 7. The number of morpholine rings is 1. The summed E-state index contributed by atoms with van der Waals surface area (Å²) >= 11 is 0. The summed E-state index contributed by atoms with van der Waals surface area (Å²) < 4.78 is 9.92. The van der Waals surface area contributed by atoms with Crippen molar-refractivity contribution in [1.82, 2.24) is 20.0 Å². The van der Waals surface area contributed by atoms with Gasteiger partial charge < -0.3 is 19.7 Å². The largest absolute Gasteiger partial charge is 0.467 e. The van der Waals surface area contributed by atoms with Gasteiger partial charge in [0.05, 0.1) is 20.3 Å². The van der Waals surface area contributed by atoms with Crippen LogP contribution in [-0.2, 0) is 23.9 Å². The van der Waals surface area contributed by atoms with E-state index < -0.39 is 35.8 Å². The number of esters is 1. The third kappa shape index (κ3) is 4.07. The molecule has 1 N–H and O–H groups in total. The summed E-state index contributed by atoms with van der Waals surface area (Å²) in [7, 11) is 3.79. The monoisotopic (exact) mass is 356 g/mol. The van der Waals surface area contributed by atoms with Crippen molar-refractivity contribution >= 4 is 23.8 Å². The minimum Gasteiger partial charge on any atom is -0.467 e. The van der Waals surface area contributed by atoms with Crippen LogP contribution in [0.25, 0.3) is 0 Å². The van der Waals surface area contributed by atoms with Crippen LogP contribution in [0.2, 0.25) is 0 Å². The number of carbonyl (C=O) groups excluding carboxylic acids is 4.